The lowest BCUT2D eigenvalue weighted by molar-refractivity contribution is -0.119. The van der Waals surface area contributed by atoms with E-state index in [1.807, 2.05) is 13.0 Å². The third-order valence-electron chi connectivity index (χ3n) is 2.47. The summed E-state index contributed by atoms with van der Waals surface area (Å²) < 4.78 is 0. The van der Waals surface area contributed by atoms with Gasteiger partial charge < -0.3 is 16.4 Å². The van der Waals surface area contributed by atoms with Gasteiger partial charge in [-0.05, 0) is 24.6 Å². The maximum Gasteiger partial charge on any atom is 0.241 e. The zero-order valence-electron chi connectivity index (χ0n) is 10.7. The smallest absolute Gasteiger partial charge is 0.241 e. The molecule has 0 aromatic heterocycles. The Hall–Kier alpha value is -1.46. The first-order chi connectivity index (χ1) is 8.93. The lowest BCUT2D eigenvalue weighted by Gasteiger charge is -2.16. The Balaban J connectivity index is 2.68. The molecule has 0 saturated heterocycles. The Labute approximate surface area is 122 Å². The van der Waals surface area contributed by atoms with Crippen LogP contribution in [0.1, 0.15) is 18.5 Å². The van der Waals surface area contributed by atoms with Crippen molar-refractivity contribution in [3.8, 4) is 0 Å². The number of benzene rings is 1. The molecule has 1 unspecified atom stereocenters. The molecule has 0 saturated carbocycles. The van der Waals surface area contributed by atoms with Crippen LogP contribution in [0.25, 0.3) is 0 Å². The Kier molecular flexibility index (Phi) is 5.92. The summed E-state index contributed by atoms with van der Waals surface area (Å²) in [5.74, 6) is -0.0240. The maximum absolute atomic E-state index is 11.0. The van der Waals surface area contributed by atoms with Crippen LogP contribution in [0.15, 0.2) is 23.2 Å². The van der Waals surface area contributed by atoms with Gasteiger partial charge in [-0.25, -0.2) is 4.99 Å². The summed E-state index contributed by atoms with van der Waals surface area (Å²) >= 11 is 11.9. The summed E-state index contributed by atoms with van der Waals surface area (Å²) in [6, 6.07) is 5.08. The number of halogens is 2. The highest BCUT2D eigenvalue weighted by Gasteiger charge is 2.10. The van der Waals surface area contributed by atoms with Crippen molar-refractivity contribution in [3.63, 3.8) is 0 Å². The third-order valence-corrected chi connectivity index (χ3v) is 3.03. The lowest BCUT2D eigenvalue weighted by Crippen LogP contribution is -2.35. The second-order valence-corrected chi connectivity index (χ2v) is 4.75. The van der Waals surface area contributed by atoms with E-state index in [-0.39, 0.29) is 24.5 Å². The highest BCUT2D eigenvalue weighted by molar-refractivity contribution is 6.35. The minimum atomic E-state index is -0.207. The molecule has 4 N–H and O–H groups in total. The van der Waals surface area contributed by atoms with E-state index in [0.29, 0.717) is 10.0 Å². The molecule has 1 atom stereocenters. The van der Waals surface area contributed by atoms with Crippen molar-refractivity contribution in [2.45, 2.75) is 13.0 Å². The summed E-state index contributed by atoms with van der Waals surface area (Å²) in [5.41, 5.74) is 6.54. The number of hydrogen-bond acceptors (Lipinski definition) is 2. The van der Waals surface area contributed by atoms with Gasteiger partial charge in [0, 0.05) is 17.1 Å². The van der Waals surface area contributed by atoms with Crippen LogP contribution in [-0.4, -0.2) is 25.5 Å². The van der Waals surface area contributed by atoms with Crippen molar-refractivity contribution in [2.75, 3.05) is 13.6 Å². The van der Waals surface area contributed by atoms with Crippen LogP contribution in [0.3, 0.4) is 0 Å². The fraction of sp³-hybridized carbons (Fsp3) is 0.333. The molecular weight excluding hydrogens is 287 g/mol. The molecule has 5 nitrogen and oxygen atoms in total. The number of carbonyl (C=O) groups is 1. The standard InChI is InChI=1S/C12H16Cl2N4O/c1-7(9-4-3-8(13)5-10(9)14)18-12(15)17-6-11(19)16-2/h3-5,7H,6H2,1-2H3,(H,16,19)(H3,15,17,18). The van der Waals surface area contributed by atoms with E-state index >= 15 is 0 Å². The van der Waals surface area contributed by atoms with Gasteiger partial charge in [0.15, 0.2) is 5.96 Å². The minimum Gasteiger partial charge on any atom is -0.370 e. The molecule has 1 amide bonds. The molecule has 1 aromatic carbocycles. The number of likely N-dealkylation sites (N-methyl/N-ethyl adjacent to an activating group) is 1. The predicted molar refractivity (Wildman–Crippen MR) is 78.6 cm³/mol. The van der Waals surface area contributed by atoms with Gasteiger partial charge in [0.1, 0.15) is 6.54 Å². The van der Waals surface area contributed by atoms with Gasteiger partial charge in [-0.15, -0.1) is 0 Å². The predicted octanol–water partition coefficient (Wildman–Crippen LogP) is 1.70. The Morgan fingerprint density at radius 1 is 1.47 bits per heavy atom. The zero-order chi connectivity index (χ0) is 14.4. The van der Waals surface area contributed by atoms with Crippen LogP contribution in [0.2, 0.25) is 10.0 Å². The molecule has 0 spiro atoms. The highest BCUT2D eigenvalue weighted by atomic mass is 35.5. The molecule has 104 valence electrons. The molecule has 0 aliphatic carbocycles. The number of nitrogens with two attached hydrogens (primary N) is 1. The number of nitrogens with zero attached hydrogens (tertiary/aromatic N) is 1. The average molecular weight is 303 g/mol. The fourth-order valence-corrected chi connectivity index (χ4v) is 2.01. The Morgan fingerprint density at radius 2 is 2.16 bits per heavy atom. The van der Waals surface area contributed by atoms with Crippen LogP contribution >= 0.6 is 23.2 Å². The first kappa shape index (κ1) is 15.6. The quantitative estimate of drug-likeness (QED) is 0.585. The van der Waals surface area contributed by atoms with Crippen molar-refractivity contribution >= 4 is 35.1 Å². The van der Waals surface area contributed by atoms with Crippen LogP contribution in [0, 0.1) is 0 Å². The summed E-state index contributed by atoms with van der Waals surface area (Å²) in [6.07, 6.45) is 0. The first-order valence-electron chi connectivity index (χ1n) is 5.66. The van der Waals surface area contributed by atoms with Crippen LogP contribution < -0.4 is 16.4 Å². The summed E-state index contributed by atoms with van der Waals surface area (Å²) in [6.45, 7) is 1.87. The molecule has 1 rings (SSSR count). The minimum absolute atomic E-state index is 0.0175. The van der Waals surface area contributed by atoms with Gasteiger partial charge in [0.2, 0.25) is 5.91 Å². The van der Waals surface area contributed by atoms with Gasteiger partial charge >= 0.3 is 0 Å². The number of hydrogen-bond donors (Lipinski definition) is 3. The van der Waals surface area contributed by atoms with Crippen LogP contribution in [0.5, 0.6) is 0 Å². The Morgan fingerprint density at radius 3 is 2.74 bits per heavy atom. The number of guanidine groups is 1. The van der Waals surface area contributed by atoms with E-state index < -0.39 is 0 Å². The number of amides is 1. The van der Waals surface area contributed by atoms with E-state index in [9.17, 15) is 4.79 Å². The van der Waals surface area contributed by atoms with Crippen molar-refractivity contribution in [2.24, 2.45) is 10.7 Å². The van der Waals surface area contributed by atoms with Gasteiger partial charge in [0.25, 0.3) is 0 Å². The van der Waals surface area contributed by atoms with Crippen LogP contribution in [-0.2, 0) is 4.79 Å². The molecule has 7 heteroatoms. The maximum atomic E-state index is 11.0. The second-order valence-electron chi connectivity index (χ2n) is 3.91. The van der Waals surface area contributed by atoms with Crippen molar-refractivity contribution < 1.29 is 4.79 Å². The summed E-state index contributed by atoms with van der Waals surface area (Å²) in [7, 11) is 1.54. The molecule has 0 aliphatic heterocycles. The second kappa shape index (κ2) is 7.21. The largest absolute Gasteiger partial charge is 0.370 e. The topological polar surface area (TPSA) is 79.5 Å². The monoisotopic (exact) mass is 302 g/mol. The molecule has 0 aliphatic rings. The number of nitrogens with one attached hydrogen (secondary N) is 2. The van der Waals surface area contributed by atoms with E-state index in [1.165, 1.54) is 7.05 Å². The lowest BCUT2D eigenvalue weighted by atomic mass is 10.1. The van der Waals surface area contributed by atoms with Crippen molar-refractivity contribution in [1.82, 2.24) is 10.6 Å². The van der Waals surface area contributed by atoms with Gasteiger partial charge in [-0.3, -0.25) is 4.79 Å². The molecule has 19 heavy (non-hydrogen) atoms. The average Bonchev–Trinajstić information content (AvgIpc) is 2.35. The zero-order valence-corrected chi connectivity index (χ0v) is 12.2. The molecule has 0 heterocycles. The number of aliphatic imine (C=N–C) groups is 1. The van der Waals surface area contributed by atoms with E-state index in [0.717, 1.165) is 5.56 Å². The van der Waals surface area contributed by atoms with E-state index in [4.69, 9.17) is 28.9 Å². The molecule has 0 fully saturated rings. The number of rotatable bonds is 4. The summed E-state index contributed by atoms with van der Waals surface area (Å²) in [5, 5.41) is 6.53. The SMILES string of the molecule is CNC(=O)CN=C(N)NC(C)c1ccc(Cl)cc1Cl. The van der Waals surface area contributed by atoms with Crippen molar-refractivity contribution in [3.05, 3.63) is 33.8 Å². The fourth-order valence-electron chi connectivity index (χ4n) is 1.43. The van der Waals surface area contributed by atoms with E-state index in [1.54, 1.807) is 12.1 Å². The van der Waals surface area contributed by atoms with Gasteiger partial charge in [-0.2, -0.15) is 0 Å². The molecule has 1 aromatic rings. The molecule has 0 radical (unpaired) electrons. The highest BCUT2D eigenvalue weighted by Crippen LogP contribution is 2.25. The van der Waals surface area contributed by atoms with Crippen LogP contribution in [0.4, 0.5) is 0 Å². The molecular formula is C12H16Cl2N4O. The van der Waals surface area contributed by atoms with E-state index in [2.05, 4.69) is 15.6 Å². The third kappa shape index (κ3) is 4.96. The normalized spacial score (nSPS) is 12.9. The summed E-state index contributed by atoms with van der Waals surface area (Å²) in [4.78, 5) is 14.9. The van der Waals surface area contributed by atoms with Crippen molar-refractivity contribution in [1.29, 1.82) is 0 Å². The van der Waals surface area contributed by atoms with Gasteiger partial charge in [0.05, 0.1) is 6.04 Å². The first-order valence-corrected chi connectivity index (χ1v) is 6.41. The number of carbonyl (C=O) groups excluding carboxylic acids is 1. The Bertz CT molecular complexity index is 491. The van der Waals surface area contributed by atoms with Gasteiger partial charge in [-0.1, -0.05) is 29.3 Å². The molecule has 0 bridgehead atoms.